The molecule has 1 aliphatic heterocycles. The topological polar surface area (TPSA) is 230 Å². The highest BCUT2D eigenvalue weighted by Crippen LogP contribution is 2.30. The molecule has 1 saturated heterocycles. The molecule has 3 aromatic carbocycles. The van der Waals surface area contributed by atoms with Crippen molar-refractivity contribution in [1.82, 2.24) is 15.4 Å². The third-order valence-corrected chi connectivity index (χ3v) is 7.74. The minimum atomic E-state index is -4.39. The van der Waals surface area contributed by atoms with E-state index in [9.17, 15) is 18.0 Å². The van der Waals surface area contributed by atoms with Crippen molar-refractivity contribution in [1.29, 1.82) is 10.8 Å². The molecule has 0 aliphatic carbocycles. The zero-order valence-corrected chi connectivity index (χ0v) is 23.5. The largest absolute Gasteiger partial charge is 0.384 e. The number of carbonyl (C=O) groups excluding carboxylic acids is 2. The van der Waals surface area contributed by atoms with Gasteiger partial charge in [-0.05, 0) is 42.1 Å². The smallest absolute Gasteiger partial charge is 0.275 e. The second-order valence-corrected chi connectivity index (χ2v) is 11.4. The Morgan fingerprint density at radius 2 is 1.43 bits per heavy atom. The van der Waals surface area contributed by atoms with E-state index in [1.54, 1.807) is 60.7 Å². The van der Waals surface area contributed by atoms with E-state index in [4.69, 9.17) is 27.4 Å². The molecule has 0 spiro atoms. The lowest BCUT2D eigenvalue weighted by Crippen LogP contribution is -2.54. The molecular weight excluding hydrogens is 556 g/mol. The first kappa shape index (κ1) is 30.5. The lowest BCUT2D eigenvalue weighted by molar-refractivity contribution is -0.130. The Kier molecular flexibility index (Phi) is 9.48. The van der Waals surface area contributed by atoms with Gasteiger partial charge in [-0.1, -0.05) is 72.8 Å². The SMILES string of the molecule is N=C(N)c1ccc(C(NC(=O)[C@H](NS(N)(=O)=O)C(c2ccccc2)c2ccccc2)C(=O)[C@@H]2CCCN2)cc1C(=N)N. The van der Waals surface area contributed by atoms with Crippen molar-refractivity contribution in [2.75, 3.05) is 6.54 Å². The van der Waals surface area contributed by atoms with Crippen LogP contribution in [0.4, 0.5) is 0 Å². The van der Waals surface area contributed by atoms with E-state index in [1.165, 1.54) is 18.2 Å². The molecule has 0 bridgehead atoms. The van der Waals surface area contributed by atoms with Gasteiger partial charge in [-0.25, -0.2) is 5.14 Å². The van der Waals surface area contributed by atoms with Crippen LogP contribution in [-0.4, -0.2) is 50.4 Å². The molecule has 12 nitrogen and oxygen atoms in total. The van der Waals surface area contributed by atoms with Crippen LogP contribution in [0.3, 0.4) is 0 Å². The number of benzene rings is 3. The second-order valence-electron chi connectivity index (χ2n) is 10.1. The van der Waals surface area contributed by atoms with E-state index in [-0.39, 0.29) is 28.6 Å². The number of hydrogen-bond donors (Lipinski definition) is 8. The van der Waals surface area contributed by atoms with E-state index in [2.05, 4.69) is 15.4 Å². The lowest BCUT2D eigenvalue weighted by Gasteiger charge is -2.30. The number of hydrogen-bond acceptors (Lipinski definition) is 7. The summed E-state index contributed by atoms with van der Waals surface area (Å²) in [4.78, 5) is 27.9. The Morgan fingerprint density at radius 3 is 1.90 bits per heavy atom. The number of nitrogens with one attached hydrogen (secondary N) is 5. The summed E-state index contributed by atoms with van der Waals surface area (Å²) in [6.45, 7) is 0.624. The van der Waals surface area contributed by atoms with Crippen molar-refractivity contribution in [3.8, 4) is 0 Å². The monoisotopic (exact) mass is 590 g/mol. The fourth-order valence-electron chi connectivity index (χ4n) is 5.23. The third-order valence-electron chi connectivity index (χ3n) is 7.16. The predicted molar refractivity (Wildman–Crippen MR) is 160 cm³/mol. The maximum absolute atomic E-state index is 14.1. The summed E-state index contributed by atoms with van der Waals surface area (Å²) < 4.78 is 27.0. The Morgan fingerprint density at radius 1 is 0.857 bits per heavy atom. The summed E-state index contributed by atoms with van der Waals surface area (Å²) >= 11 is 0. The van der Waals surface area contributed by atoms with E-state index in [0.717, 1.165) is 6.42 Å². The zero-order chi connectivity index (χ0) is 30.4. The highest BCUT2D eigenvalue weighted by Gasteiger charge is 2.38. The van der Waals surface area contributed by atoms with Gasteiger partial charge in [-0.15, -0.1) is 0 Å². The maximum Gasteiger partial charge on any atom is 0.275 e. The third kappa shape index (κ3) is 7.25. The van der Waals surface area contributed by atoms with Gasteiger partial charge in [0.2, 0.25) is 5.91 Å². The average molecular weight is 591 g/mol. The van der Waals surface area contributed by atoms with Crippen molar-refractivity contribution >= 4 is 33.6 Å². The summed E-state index contributed by atoms with van der Waals surface area (Å²) in [5, 5.41) is 27.1. The van der Waals surface area contributed by atoms with Crippen LogP contribution in [0, 0.1) is 10.8 Å². The fourth-order valence-corrected chi connectivity index (χ4v) is 5.82. The van der Waals surface area contributed by atoms with Gasteiger partial charge in [0.1, 0.15) is 23.8 Å². The highest BCUT2D eigenvalue weighted by molar-refractivity contribution is 7.87. The molecule has 3 aromatic rings. The first-order valence-electron chi connectivity index (χ1n) is 13.3. The van der Waals surface area contributed by atoms with Crippen LogP contribution < -0.4 is 32.0 Å². The standard InChI is InChI=1S/C29H34N8O4S/c30-27(31)20-14-13-19(16-21(20)28(32)33)24(26(38)22-12-7-15-35-22)36-29(39)25(37-42(34,40)41)23(17-8-3-1-4-9-17)18-10-5-2-6-11-18/h1-6,8-11,13-14,16,22-25,35,37H,7,12,15H2,(H3,30,31)(H3,32,33)(H,36,39)(H2,34,40,41)/t22-,24?,25+/m0/s1. The number of amidine groups is 2. The van der Waals surface area contributed by atoms with Gasteiger partial charge in [0, 0.05) is 17.0 Å². The van der Waals surface area contributed by atoms with Crippen LogP contribution in [0.25, 0.3) is 0 Å². The number of carbonyl (C=O) groups is 2. The number of nitrogens with two attached hydrogens (primary N) is 3. The number of ketones is 1. The van der Waals surface area contributed by atoms with Crippen LogP contribution >= 0.6 is 0 Å². The minimum absolute atomic E-state index is 0.122. The van der Waals surface area contributed by atoms with Crippen molar-refractivity contribution < 1.29 is 18.0 Å². The summed E-state index contributed by atoms with van der Waals surface area (Å²) in [5.74, 6) is -2.64. The Bertz CT molecular complexity index is 1540. The lowest BCUT2D eigenvalue weighted by atomic mass is 9.84. The highest BCUT2D eigenvalue weighted by atomic mass is 32.2. The number of amides is 1. The number of nitrogen functional groups attached to an aromatic ring is 2. The Labute approximate surface area is 244 Å². The minimum Gasteiger partial charge on any atom is -0.384 e. The van der Waals surface area contributed by atoms with Crippen molar-refractivity contribution in [3.05, 3.63) is 107 Å². The first-order chi connectivity index (χ1) is 20.0. The van der Waals surface area contributed by atoms with E-state index in [1.807, 2.05) is 0 Å². The van der Waals surface area contributed by atoms with Gasteiger partial charge in [0.25, 0.3) is 10.2 Å². The molecule has 1 fully saturated rings. The number of Topliss-reactive ketones (excluding diaryl/α,β-unsaturated/α-hetero) is 1. The van der Waals surface area contributed by atoms with E-state index < -0.39 is 40.2 Å². The van der Waals surface area contributed by atoms with Gasteiger partial charge in [-0.3, -0.25) is 20.4 Å². The maximum atomic E-state index is 14.1. The molecule has 0 aromatic heterocycles. The molecule has 0 radical (unpaired) electrons. The van der Waals surface area contributed by atoms with E-state index in [0.29, 0.717) is 29.7 Å². The van der Waals surface area contributed by atoms with Crippen molar-refractivity contribution in [2.45, 2.75) is 36.9 Å². The van der Waals surface area contributed by atoms with Gasteiger partial charge in [-0.2, -0.15) is 13.1 Å². The molecule has 1 heterocycles. The van der Waals surface area contributed by atoms with Crippen LogP contribution in [-0.2, 0) is 19.8 Å². The molecule has 1 aliphatic rings. The molecule has 0 saturated carbocycles. The molecule has 1 amide bonds. The van der Waals surface area contributed by atoms with Crippen LogP contribution in [0.15, 0.2) is 78.9 Å². The molecule has 220 valence electrons. The van der Waals surface area contributed by atoms with E-state index >= 15 is 0 Å². The first-order valence-corrected chi connectivity index (χ1v) is 14.8. The van der Waals surface area contributed by atoms with Crippen LogP contribution in [0.1, 0.15) is 52.6 Å². The van der Waals surface area contributed by atoms with Gasteiger partial charge >= 0.3 is 0 Å². The molecular formula is C29H34N8O4S. The fraction of sp³-hybridized carbons (Fsp3) is 0.241. The number of rotatable bonds is 12. The summed E-state index contributed by atoms with van der Waals surface area (Å²) in [5.41, 5.74) is 13.3. The Hall–Kier alpha value is -4.43. The summed E-state index contributed by atoms with van der Waals surface area (Å²) in [6, 6.07) is 18.9. The summed E-state index contributed by atoms with van der Waals surface area (Å²) in [7, 11) is -4.39. The predicted octanol–water partition coefficient (Wildman–Crippen LogP) is 0.727. The van der Waals surface area contributed by atoms with Gasteiger partial charge < -0.3 is 22.1 Å². The van der Waals surface area contributed by atoms with Crippen molar-refractivity contribution in [2.24, 2.45) is 16.6 Å². The van der Waals surface area contributed by atoms with Gasteiger partial charge in [0.05, 0.1) is 6.04 Å². The molecule has 13 heteroatoms. The average Bonchev–Trinajstić information content (AvgIpc) is 3.50. The Balaban J connectivity index is 1.81. The molecule has 42 heavy (non-hydrogen) atoms. The molecule has 3 atom stereocenters. The van der Waals surface area contributed by atoms with Crippen molar-refractivity contribution in [3.63, 3.8) is 0 Å². The van der Waals surface area contributed by atoms with Gasteiger partial charge in [0.15, 0.2) is 5.78 Å². The summed E-state index contributed by atoms with van der Waals surface area (Å²) in [6.07, 6.45) is 1.31. The molecule has 11 N–H and O–H groups in total. The van der Waals surface area contributed by atoms with Crippen LogP contribution in [0.5, 0.6) is 0 Å². The molecule has 4 rings (SSSR count). The normalized spacial score (nSPS) is 16.5. The zero-order valence-electron chi connectivity index (χ0n) is 22.7. The quantitative estimate of drug-likeness (QED) is 0.111. The van der Waals surface area contributed by atoms with Crippen LogP contribution in [0.2, 0.25) is 0 Å². The molecule has 1 unspecified atom stereocenters. The second kappa shape index (κ2) is 13.0.